The third kappa shape index (κ3) is 3.37. The second-order valence-corrected chi connectivity index (χ2v) is 7.39. The van der Waals surface area contributed by atoms with Crippen molar-refractivity contribution in [2.45, 2.75) is 26.3 Å². The summed E-state index contributed by atoms with van der Waals surface area (Å²) < 4.78 is 0. The summed E-state index contributed by atoms with van der Waals surface area (Å²) in [5.41, 5.74) is 3.10. The van der Waals surface area contributed by atoms with Crippen molar-refractivity contribution in [1.29, 1.82) is 0 Å². The molecule has 0 fully saturated rings. The van der Waals surface area contributed by atoms with Crippen molar-refractivity contribution in [3.63, 3.8) is 0 Å². The van der Waals surface area contributed by atoms with E-state index in [4.69, 9.17) is 11.6 Å². The summed E-state index contributed by atoms with van der Waals surface area (Å²) in [6.07, 6.45) is 1.94. The molecule has 0 spiro atoms. The zero-order valence-corrected chi connectivity index (χ0v) is 16.1. The number of halogens is 1. The van der Waals surface area contributed by atoms with Crippen LogP contribution in [-0.4, -0.2) is 30.4 Å². The van der Waals surface area contributed by atoms with Crippen LogP contribution in [0.5, 0.6) is 0 Å². The van der Waals surface area contributed by atoms with Gasteiger partial charge < -0.3 is 4.90 Å². The van der Waals surface area contributed by atoms with Crippen molar-refractivity contribution < 1.29 is 9.59 Å². The molecule has 1 aliphatic rings. The number of benzene rings is 1. The number of aliphatic imine (C=N–C) groups is 1. The van der Waals surface area contributed by atoms with E-state index in [1.165, 1.54) is 11.3 Å². The first-order valence-corrected chi connectivity index (χ1v) is 9.59. The highest BCUT2D eigenvalue weighted by molar-refractivity contribution is 7.18. The molecular weight excluding hydrogens is 368 g/mol. The normalized spacial score (nSPS) is 13.3. The minimum absolute atomic E-state index is 0.0738. The first-order valence-electron chi connectivity index (χ1n) is 8.40. The Balaban J connectivity index is 2.00. The molecule has 0 saturated carbocycles. The lowest BCUT2D eigenvalue weighted by atomic mass is 9.94. The highest BCUT2D eigenvalue weighted by Crippen LogP contribution is 2.45. The maximum Gasteiger partial charge on any atom is 0.257 e. The van der Waals surface area contributed by atoms with Crippen LogP contribution in [0.25, 0.3) is 5.03 Å². The fraction of sp³-hybridized carbons (Fsp3) is 0.250. The molecule has 0 aliphatic heterocycles. The highest BCUT2D eigenvalue weighted by Gasteiger charge is 2.30. The number of carbonyl (C=O) groups is 2. The van der Waals surface area contributed by atoms with Gasteiger partial charge in [0.25, 0.3) is 5.91 Å². The van der Waals surface area contributed by atoms with Gasteiger partial charge in [0.2, 0.25) is 0 Å². The van der Waals surface area contributed by atoms with E-state index >= 15 is 0 Å². The number of hydrogen-bond donors (Lipinski definition) is 0. The van der Waals surface area contributed by atoms with Crippen LogP contribution >= 0.6 is 22.9 Å². The largest absolute Gasteiger partial charge is 0.334 e. The van der Waals surface area contributed by atoms with E-state index in [-0.39, 0.29) is 5.91 Å². The SMILES string of the molecule is C=Nc1sc2c(c1C(=O)N(CC)Cc1ccccc1)CCC(C=O)=C2Cl. The second-order valence-electron chi connectivity index (χ2n) is 6.01. The zero-order valence-electron chi connectivity index (χ0n) is 14.5. The van der Waals surface area contributed by atoms with Crippen molar-refractivity contribution in [2.75, 3.05) is 6.54 Å². The summed E-state index contributed by atoms with van der Waals surface area (Å²) in [7, 11) is 0. The van der Waals surface area contributed by atoms with Gasteiger partial charge in [0, 0.05) is 18.7 Å². The fourth-order valence-electron chi connectivity index (χ4n) is 3.11. The molecule has 1 heterocycles. The number of amides is 1. The Hall–Kier alpha value is -2.24. The molecule has 1 aliphatic carbocycles. The summed E-state index contributed by atoms with van der Waals surface area (Å²) in [6, 6.07) is 9.88. The number of fused-ring (bicyclic) bond motifs is 1. The van der Waals surface area contributed by atoms with Crippen LogP contribution in [0.1, 0.15) is 39.7 Å². The molecule has 2 aromatic rings. The maximum absolute atomic E-state index is 13.3. The third-order valence-corrected chi connectivity index (χ3v) is 6.22. The van der Waals surface area contributed by atoms with Gasteiger partial charge in [-0.1, -0.05) is 41.9 Å². The van der Waals surface area contributed by atoms with Gasteiger partial charge in [-0.05, 0) is 37.6 Å². The number of rotatable bonds is 6. The van der Waals surface area contributed by atoms with Crippen LogP contribution in [-0.2, 0) is 17.8 Å². The van der Waals surface area contributed by atoms with Crippen molar-refractivity contribution in [3.8, 4) is 0 Å². The summed E-state index contributed by atoms with van der Waals surface area (Å²) in [5, 5.41) is 0.998. The van der Waals surface area contributed by atoms with Gasteiger partial charge in [0.05, 0.1) is 15.5 Å². The van der Waals surface area contributed by atoms with Crippen LogP contribution < -0.4 is 0 Å². The predicted octanol–water partition coefficient (Wildman–Crippen LogP) is 4.84. The van der Waals surface area contributed by atoms with Crippen LogP contribution in [0, 0.1) is 0 Å². The van der Waals surface area contributed by atoms with Gasteiger partial charge in [0.1, 0.15) is 11.3 Å². The van der Waals surface area contributed by atoms with Gasteiger partial charge >= 0.3 is 0 Å². The first kappa shape index (κ1) is 18.5. The van der Waals surface area contributed by atoms with E-state index in [0.29, 0.717) is 47.1 Å². The number of hydrogen-bond acceptors (Lipinski definition) is 4. The lowest BCUT2D eigenvalue weighted by Gasteiger charge is -2.22. The van der Waals surface area contributed by atoms with E-state index in [1.54, 1.807) is 4.90 Å². The Morgan fingerprint density at radius 2 is 2.08 bits per heavy atom. The minimum Gasteiger partial charge on any atom is -0.334 e. The van der Waals surface area contributed by atoms with Gasteiger partial charge in [-0.2, -0.15) is 0 Å². The average Bonchev–Trinajstić information content (AvgIpc) is 3.06. The molecule has 1 aromatic carbocycles. The van der Waals surface area contributed by atoms with Crippen molar-refractivity contribution in [1.82, 2.24) is 4.90 Å². The molecule has 3 rings (SSSR count). The topological polar surface area (TPSA) is 49.7 Å². The first-order chi connectivity index (χ1) is 12.6. The molecule has 6 heteroatoms. The Kier molecular flexibility index (Phi) is 5.69. The van der Waals surface area contributed by atoms with Crippen LogP contribution in [0.3, 0.4) is 0 Å². The van der Waals surface area contributed by atoms with Crippen molar-refractivity contribution >= 4 is 51.9 Å². The van der Waals surface area contributed by atoms with Crippen molar-refractivity contribution in [2.24, 2.45) is 4.99 Å². The standard InChI is InChI=1S/C20H19ClN2O2S/c1-3-23(11-13-7-5-4-6-8-13)20(25)16-15-10-9-14(12-24)17(21)18(15)26-19(16)22-2/h4-8,12H,2-3,9-11H2,1H3. The van der Waals surface area contributed by atoms with E-state index in [0.717, 1.165) is 22.3 Å². The lowest BCUT2D eigenvalue weighted by molar-refractivity contribution is -0.105. The summed E-state index contributed by atoms with van der Waals surface area (Å²) in [4.78, 5) is 31.1. The monoisotopic (exact) mass is 386 g/mol. The number of nitrogens with zero attached hydrogens (tertiary/aromatic N) is 2. The van der Waals surface area contributed by atoms with Gasteiger partial charge in [-0.25, -0.2) is 0 Å². The summed E-state index contributed by atoms with van der Waals surface area (Å²) in [5.74, 6) is -0.0738. The third-order valence-electron chi connectivity index (χ3n) is 4.50. The minimum atomic E-state index is -0.0738. The molecule has 1 amide bonds. The quantitative estimate of drug-likeness (QED) is 0.527. The molecule has 0 atom stereocenters. The number of aldehydes is 1. The average molecular weight is 387 g/mol. The van der Waals surface area contributed by atoms with E-state index in [9.17, 15) is 9.59 Å². The van der Waals surface area contributed by atoms with Gasteiger partial charge in [-0.15, -0.1) is 11.3 Å². The lowest BCUT2D eigenvalue weighted by Crippen LogP contribution is -2.31. The van der Waals surface area contributed by atoms with Crippen LogP contribution in [0.15, 0.2) is 40.9 Å². The van der Waals surface area contributed by atoms with Crippen molar-refractivity contribution in [3.05, 3.63) is 57.5 Å². The molecular formula is C20H19ClN2O2S. The molecule has 4 nitrogen and oxygen atoms in total. The molecule has 26 heavy (non-hydrogen) atoms. The molecule has 1 aromatic heterocycles. The maximum atomic E-state index is 13.3. The molecule has 0 N–H and O–H groups in total. The van der Waals surface area contributed by atoms with E-state index in [1.807, 2.05) is 37.3 Å². The smallest absolute Gasteiger partial charge is 0.257 e. The molecule has 0 saturated heterocycles. The van der Waals surface area contributed by atoms with Gasteiger partial charge in [0.15, 0.2) is 0 Å². The fourth-order valence-corrected chi connectivity index (χ4v) is 4.60. The molecule has 0 bridgehead atoms. The molecule has 134 valence electrons. The molecule has 0 radical (unpaired) electrons. The number of carbonyl (C=O) groups excluding carboxylic acids is 2. The Bertz CT molecular complexity index is 887. The van der Waals surface area contributed by atoms with Gasteiger partial charge in [-0.3, -0.25) is 14.6 Å². The zero-order chi connectivity index (χ0) is 18.7. The Labute approximate surface area is 161 Å². The highest BCUT2D eigenvalue weighted by atomic mass is 35.5. The summed E-state index contributed by atoms with van der Waals surface area (Å²) in [6.45, 7) is 6.68. The molecule has 0 unspecified atom stereocenters. The van der Waals surface area contributed by atoms with Crippen LogP contribution in [0.2, 0.25) is 0 Å². The number of thiophene rings is 1. The van der Waals surface area contributed by atoms with Crippen LogP contribution in [0.4, 0.5) is 5.00 Å². The second kappa shape index (κ2) is 7.98. The Morgan fingerprint density at radius 1 is 1.35 bits per heavy atom. The predicted molar refractivity (Wildman–Crippen MR) is 108 cm³/mol. The van der Waals surface area contributed by atoms with E-state index in [2.05, 4.69) is 11.7 Å². The summed E-state index contributed by atoms with van der Waals surface area (Å²) >= 11 is 7.70. The Morgan fingerprint density at radius 3 is 2.69 bits per heavy atom. The van der Waals surface area contributed by atoms with E-state index < -0.39 is 0 Å². The number of allylic oxidation sites excluding steroid dienone is 1.